The molecule has 0 fully saturated rings. The molecule has 3 nitrogen and oxygen atoms in total. The molecule has 118 valence electrons. The van der Waals surface area contributed by atoms with Gasteiger partial charge >= 0.3 is 0 Å². The van der Waals surface area contributed by atoms with Gasteiger partial charge in [-0.1, -0.05) is 60.7 Å². The van der Waals surface area contributed by atoms with Gasteiger partial charge in [0.25, 0.3) is 5.91 Å². The van der Waals surface area contributed by atoms with Crippen molar-refractivity contribution in [1.82, 2.24) is 0 Å². The predicted molar refractivity (Wildman–Crippen MR) is 95.5 cm³/mol. The van der Waals surface area contributed by atoms with Crippen molar-refractivity contribution in [2.45, 2.75) is 0 Å². The van der Waals surface area contributed by atoms with Crippen LogP contribution >= 0.6 is 0 Å². The first-order chi connectivity index (χ1) is 11.7. The largest absolute Gasteiger partial charge is 0.311 e. The summed E-state index contributed by atoms with van der Waals surface area (Å²) in [6, 6.07) is 25.3. The first-order valence-corrected chi connectivity index (χ1v) is 7.70. The average molecular weight is 315 g/mol. The number of carbonyl (C=O) groups is 2. The second kappa shape index (κ2) is 6.92. The molecular formula is C21H17NO2. The Morgan fingerprint density at radius 1 is 0.625 bits per heavy atom. The van der Waals surface area contributed by atoms with Gasteiger partial charge in [0.1, 0.15) is 0 Å². The molecule has 3 aromatic carbocycles. The first kappa shape index (κ1) is 15.7. The van der Waals surface area contributed by atoms with Gasteiger partial charge in [-0.3, -0.25) is 9.59 Å². The maximum absolute atomic E-state index is 12.5. The fourth-order valence-corrected chi connectivity index (χ4v) is 2.48. The molecule has 0 radical (unpaired) electrons. The lowest BCUT2D eigenvalue weighted by Gasteiger charge is -2.17. The summed E-state index contributed by atoms with van der Waals surface area (Å²) in [4.78, 5) is 26.5. The molecular weight excluding hydrogens is 298 g/mol. The predicted octanol–water partition coefficient (Wildman–Crippen LogP) is 4.19. The summed E-state index contributed by atoms with van der Waals surface area (Å²) in [5.41, 5.74) is 2.58. The fraction of sp³-hybridized carbons (Fsp3) is 0.0476. The number of benzene rings is 3. The number of hydrogen-bond acceptors (Lipinski definition) is 2. The fourth-order valence-electron chi connectivity index (χ4n) is 2.48. The molecule has 0 N–H and O–H groups in total. The number of para-hydroxylation sites is 1. The van der Waals surface area contributed by atoms with Gasteiger partial charge in [0, 0.05) is 29.4 Å². The third-order valence-corrected chi connectivity index (χ3v) is 3.88. The number of nitrogens with zero attached hydrogens (tertiary/aromatic N) is 1. The first-order valence-electron chi connectivity index (χ1n) is 7.70. The molecule has 0 atom stereocenters. The Kier molecular flexibility index (Phi) is 4.52. The summed E-state index contributed by atoms with van der Waals surface area (Å²) >= 11 is 0. The third kappa shape index (κ3) is 3.25. The summed E-state index contributed by atoms with van der Waals surface area (Å²) in [5.74, 6) is -0.161. The van der Waals surface area contributed by atoms with E-state index in [0.29, 0.717) is 16.7 Å². The van der Waals surface area contributed by atoms with Crippen LogP contribution in [0.4, 0.5) is 5.69 Å². The minimum Gasteiger partial charge on any atom is -0.311 e. The number of anilines is 1. The molecule has 0 spiro atoms. The molecule has 24 heavy (non-hydrogen) atoms. The van der Waals surface area contributed by atoms with Crippen LogP contribution in [0.5, 0.6) is 0 Å². The Balaban J connectivity index is 1.79. The van der Waals surface area contributed by atoms with Crippen LogP contribution in [-0.2, 0) is 0 Å². The highest BCUT2D eigenvalue weighted by atomic mass is 16.2. The van der Waals surface area contributed by atoms with Gasteiger partial charge in [-0.2, -0.15) is 0 Å². The van der Waals surface area contributed by atoms with Crippen LogP contribution in [0.3, 0.4) is 0 Å². The Hall–Kier alpha value is -3.20. The number of carbonyl (C=O) groups excluding carboxylic acids is 2. The minimum atomic E-state index is -0.111. The molecule has 0 unspecified atom stereocenters. The Labute approximate surface area is 141 Å². The van der Waals surface area contributed by atoms with E-state index in [4.69, 9.17) is 0 Å². The van der Waals surface area contributed by atoms with E-state index < -0.39 is 0 Å². The zero-order valence-corrected chi connectivity index (χ0v) is 13.3. The molecule has 3 aromatic rings. The molecule has 0 aliphatic heterocycles. The molecule has 3 rings (SSSR count). The number of ketones is 1. The van der Waals surface area contributed by atoms with Crippen molar-refractivity contribution in [2.24, 2.45) is 0 Å². The normalized spacial score (nSPS) is 10.2. The number of hydrogen-bond donors (Lipinski definition) is 0. The Bertz CT molecular complexity index is 840. The van der Waals surface area contributed by atoms with E-state index in [1.165, 1.54) is 0 Å². The molecule has 1 amide bonds. The lowest BCUT2D eigenvalue weighted by Crippen LogP contribution is -2.26. The highest BCUT2D eigenvalue weighted by Crippen LogP contribution is 2.16. The molecule has 0 aliphatic carbocycles. The highest BCUT2D eigenvalue weighted by molar-refractivity contribution is 6.10. The maximum Gasteiger partial charge on any atom is 0.258 e. The summed E-state index contributed by atoms with van der Waals surface area (Å²) in [6.45, 7) is 0. The molecule has 0 saturated carbocycles. The monoisotopic (exact) mass is 315 g/mol. The van der Waals surface area contributed by atoms with Gasteiger partial charge in [0.05, 0.1) is 0 Å². The summed E-state index contributed by atoms with van der Waals surface area (Å²) in [6.07, 6.45) is 0. The van der Waals surface area contributed by atoms with E-state index >= 15 is 0 Å². The lowest BCUT2D eigenvalue weighted by atomic mass is 10.0. The molecule has 0 saturated heterocycles. The van der Waals surface area contributed by atoms with Crippen molar-refractivity contribution >= 4 is 17.4 Å². The second-order valence-electron chi connectivity index (χ2n) is 5.47. The van der Waals surface area contributed by atoms with Crippen LogP contribution in [0.25, 0.3) is 0 Å². The van der Waals surface area contributed by atoms with Crippen molar-refractivity contribution in [3.63, 3.8) is 0 Å². The molecule has 0 heterocycles. The van der Waals surface area contributed by atoms with Crippen molar-refractivity contribution in [3.8, 4) is 0 Å². The summed E-state index contributed by atoms with van der Waals surface area (Å²) in [7, 11) is 1.74. The van der Waals surface area contributed by atoms with Gasteiger partial charge in [0.2, 0.25) is 0 Å². The summed E-state index contributed by atoms with van der Waals surface area (Å²) in [5, 5.41) is 0. The van der Waals surface area contributed by atoms with Crippen LogP contribution in [0.2, 0.25) is 0 Å². The summed E-state index contributed by atoms with van der Waals surface area (Å²) < 4.78 is 0. The van der Waals surface area contributed by atoms with E-state index in [-0.39, 0.29) is 11.7 Å². The smallest absolute Gasteiger partial charge is 0.258 e. The van der Waals surface area contributed by atoms with Gasteiger partial charge in [-0.05, 0) is 24.3 Å². The van der Waals surface area contributed by atoms with E-state index in [1.54, 1.807) is 48.3 Å². The van der Waals surface area contributed by atoms with Gasteiger partial charge in [-0.25, -0.2) is 0 Å². The Morgan fingerprint density at radius 2 is 1.08 bits per heavy atom. The molecule has 0 aliphatic rings. The maximum atomic E-state index is 12.5. The molecule has 3 heteroatoms. The van der Waals surface area contributed by atoms with Crippen LogP contribution in [0.1, 0.15) is 26.3 Å². The second-order valence-corrected chi connectivity index (χ2v) is 5.47. The van der Waals surface area contributed by atoms with E-state index in [2.05, 4.69) is 0 Å². The van der Waals surface area contributed by atoms with E-state index in [1.807, 2.05) is 48.5 Å². The van der Waals surface area contributed by atoms with Crippen LogP contribution in [0, 0.1) is 0 Å². The van der Waals surface area contributed by atoms with Crippen molar-refractivity contribution in [2.75, 3.05) is 11.9 Å². The average Bonchev–Trinajstić information content (AvgIpc) is 2.68. The molecule has 0 aromatic heterocycles. The van der Waals surface area contributed by atoms with Crippen molar-refractivity contribution in [1.29, 1.82) is 0 Å². The zero-order chi connectivity index (χ0) is 16.9. The SMILES string of the molecule is CN(C(=O)c1ccc(C(=O)c2ccccc2)cc1)c1ccccc1. The third-order valence-electron chi connectivity index (χ3n) is 3.88. The number of rotatable bonds is 4. The quantitative estimate of drug-likeness (QED) is 0.677. The topological polar surface area (TPSA) is 37.4 Å². The highest BCUT2D eigenvalue weighted by Gasteiger charge is 2.14. The van der Waals surface area contributed by atoms with Gasteiger partial charge in [0.15, 0.2) is 5.78 Å². The Morgan fingerprint density at radius 3 is 1.67 bits per heavy atom. The van der Waals surface area contributed by atoms with Gasteiger partial charge < -0.3 is 4.90 Å². The van der Waals surface area contributed by atoms with Crippen LogP contribution in [-0.4, -0.2) is 18.7 Å². The van der Waals surface area contributed by atoms with Crippen LogP contribution in [0.15, 0.2) is 84.9 Å². The standard InChI is InChI=1S/C21H17NO2/c1-22(19-10-6-3-7-11-19)21(24)18-14-12-17(13-15-18)20(23)16-8-4-2-5-9-16/h2-15H,1H3. The van der Waals surface area contributed by atoms with E-state index in [0.717, 1.165) is 5.69 Å². The van der Waals surface area contributed by atoms with Crippen molar-refractivity contribution < 1.29 is 9.59 Å². The lowest BCUT2D eigenvalue weighted by molar-refractivity contribution is 0.0990. The van der Waals surface area contributed by atoms with Crippen LogP contribution < -0.4 is 4.90 Å². The van der Waals surface area contributed by atoms with E-state index in [9.17, 15) is 9.59 Å². The van der Waals surface area contributed by atoms with Gasteiger partial charge in [-0.15, -0.1) is 0 Å². The minimum absolute atomic E-state index is 0.0500. The molecule has 0 bridgehead atoms. The number of amides is 1. The zero-order valence-electron chi connectivity index (χ0n) is 13.3. The van der Waals surface area contributed by atoms with Crippen molar-refractivity contribution in [3.05, 3.63) is 102 Å².